The van der Waals surface area contributed by atoms with Crippen LogP contribution in [0, 0.1) is 0 Å². The van der Waals surface area contributed by atoms with Crippen molar-refractivity contribution in [3.8, 4) is 55.6 Å². The average molecular weight is 673 g/mol. The molecule has 246 valence electrons. The van der Waals surface area contributed by atoms with Gasteiger partial charge in [0.05, 0.1) is 0 Å². The zero-order chi connectivity index (χ0) is 34.9. The number of benzene rings is 10. The molecule has 1 heteroatoms. The van der Waals surface area contributed by atoms with Crippen LogP contribution in [0.4, 0.5) is 0 Å². The van der Waals surface area contributed by atoms with E-state index in [0.717, 1.165) is 22.3 Å². The monoisotopic (exact) mass is 672 g/mol. The molecule has 0 amide bonds. The second-order valence-corrected chi connectivity index (χ2v) is 14.0. The van der Waals surface area contributed by atoms with Crippen molar-refractivity contribution in [2.24, 2.45) is 0 Å². The van der Waals surface area contributed by atoms with Crippen molar-refractivity contribution >= 4 is 54.3 Å². The van der Waals surface area contributed by atoms with Crippen LogP contribution in [0.1, 0.15) is 0 Å². The van der Waals surface area contributed by atoms with E-state index in [2.05, 4.69) is 194 Å². The van der Waals surface area contributed by atoms with E-state index in [1.807, 2.05) is 0 Å². The van der Waals surface area contributed by atoms with Gasteiger partial charge in [-0.3, -0.25) is 0 Å². The first-order valence-electron chi connectivity index (χ1n) is 18.3. The largest absolute Gasteiger partial charge is 0.455 e. The maximum Gasteiger partial charge on any atom is 0.143 e. The van der Waals surface area contributed by atoms with E-state index in [0.29, 0.717) is 0 Å². The molecule has 0 saturated heterocycles. The van der Waals surface area contributed by atoms with Gasteiger partial charge in [0.1, 0.15) is 11.2 Å². The standard InChI is InChI=1S/C52H32O/c1-3-13-33(14-4-1)37-17-11-18-38(31-37)34-25-27-36(28-26-34)48-41-20-7-9-22-43(41)50(44-23-10-8-21-42(44)48)46-32-39-19-12-24-47-49(39)51-45(46)30-29-40(52(51)53-47)35-15-5-2-6-16-35/h1-32H. The van der Waals surface area contributed by atoms with Crippen LogP contribution >= 0.6 is 0 Å². The SMILES string of the molecule is c1ccc(-c2cccc(-c3ccc(-c4c5ccccc5c(-c5cc6cccc7oc8c(-c9ccccc9)ccc5c8c67)c5ccccc45)cc3)c2)cc1. The molecular formula is C52H32O. The summed E-state index contributed by atoms with van der Waals surface area (Å²) in [5.41, 5.74) is 14.0. The summed E-state index contributed by atoms with van der Waals surface area (Å²) >= 11 is 0. The Bertz CT molecular complexity index is 3080. The van der Waals surface area contributed by atoms with Crippen LogP contribution in [-0.4, -0.2) is 0 Å². The van der Waals surface area contributed by atoms with E-state index in [4.69, 9.17) is 4.42 Å². The Hall–Kier alpha value is -6.96. The summed E-state index contributed by atoms with van der Waals surface area (Å²) in [5.74, 6) is 0. The van der Waals surface area contributed by atoms with E-state index in [1.54, 1.807) is 0 Å². The van der Waals surface area contributed by atoms with Crippen molar-refractivity contribution in [1.29, 1.82) is 0 Å². The van der Waals surface area contributed by atoms with Gasteiger partial charge < -0.3 is 4.42 Å². The van der Waals surface area contributed by atoms with E-state index < -0.39 is 0 Å². The molecule has 53 heavy (non-hydrogen) atoms. The molecular weight excluding hydrogens is 641 g/mol. The van der Waals surface area contributed by atoms with Gasteiger partial charge in [-0.25, -0.2) is 0 Å². The van der Waals surface area contributed by atoms with Crippen LogP contribution in [0.5, 0.6) is 0 Å². The van der Waals surface area contributed by atoms with E-state index in [9.17, 15) is 0 Å². The topological polar surface area (TPSA) is 13.1 Å². The van der Waals surface area contributed by atoms with Crippen LogP contribution in [0.2, 0.25) is 0 Å². The van der Waals surface area contributed by atoms with Crippen molar-refractivity contribution in [2.75, 3.05) is 0 Å². The lowest BCUT2D eigenvalue weighted by atomic mass is 9.83. The molecule has 0 fully saturated rings. The molecule has 1 aromatic heterocycles. The average Bonchev–Trinajstić information content (AvgIpc) is 3.63. The zero-order valence-corrected chi connectivity index (χ0v) is 28.9. The van der Waals surface area contributed by atoms with E-state index in [-0.39, 0.29) is 0 Å². The van der Waals surface area contributed by atoms with Gasteiger partial charge in [-0.15, -0.1) is 0 Å². The molecule has 10 aromatic carbocycles. The molecule has 0 N–H and O–H groups in total. The summed E-state index contributed by atoms with van der Waals surface area (Å²) < 4.78 is 6.71. The number of rotatable bonds is 5. The maximum atomic E-state index is 6.71. The minimum atomic E-state index is 0.928. The van der Waals surface area contributed by atoms with Gasteiger partial charge in [-0.05, 0) is 107 Å². The van der Waals surface area contributed by atoms with Crippen molar-refractivity contribution in [1.82, 2.24) is 0 Å². The highest BCUT2D eigenvalue weighted by Crippen LogP contribution is 2.50. The molecule has 0 bridgehead atoms. The smallest absolute Gasteiger partial charge is 0.143 e. The van der Waals surface area contributed by atoms with Crippen LogP contribution in [0.25, 0.3) is 110 Å². The third kappa shape index (κ3) is 4.64. The molecule has 0 aliphatic rings. The Morgan fingerprint density at radius 1 is 0.283 bits per heavy atom. The number of furan rings is 1. The van der Waals surface area contributed by atoms with Crippen molar-refractivity contribution in [2.45, 2.75) is 0 Å². The molecule has 0 aliphatic carbocycles. The van der Waals surface area contributed by atoms with Crippen LogP contribution in [0.15, 0.2) is 199 Å². The summed E-state index contributed by atoms with van der Waals surface area (Å²) in [4.78, 5) is 0. The fraction of sp³-hybridized carbons (Fsp3) is 0. The third-order valence-corrected chi connectivity index (χ3v) is 11.0. The van der Waals surface area contributed by atoms with E-state index in [1.165, 1.54) is 87.6 Å². The van der Waals surface area contributed by atoms with Crippen molar-refractivity contribution < 1.29 is 4.42 Å². The predicted molar refractivity (Wildman–Crippen MR) is 225 cm³/mol. The fourth-order valence-electron chi connectivity index (χ4n) is 8.65. The summed E-state index contributed by atoms with van der Waals surface area (Å²) in [6.07, 6.45) is 0. The molecule has 0 saturated carbocycles. The fourth-order valence-corrected chi connectivity index (χ4v) is 8.65. The highest BCUT2D eigenvalue weighted by Gasteiger charge is 2.23. The number of hydrogen-bond donors (Lipinski definition) is 0. The molecule has 11 aromatic rings. The van der Waals surface area contributed by atoms with Gasteiger partial charge in [0.15, 0.2) is 0 Å². The summed E-state index contributed by atoms with van der Waals surface area (Å²) in [7, 11) is 0. The van der Waals surface area contributed by atoms with Gasteiger partial charge in [-0.1, -0.05) is 170 Å². The lowest BCUT2D eigenvalue weighted by Gasteiger charge is -2.19. The molecule has 1 nitrogen and oxygen atoms in total. The van der Waals surface area contributed by atoms with Crippen LogP contribution in [0.3, 0.4) is 0 Å². The molecule has 0 spiro atoms. The summed E-state index contributed by atoms with van der Waals surface area (Å²) in [5, 5.41) is 9.76. The first-order chi connectivity index (χ1) is 26.3. The summed E-state index contributed by atoms with van der Waals surface area (Å²) in [6, 6.07) is 70.4. The summed E-state index contributed by atoms with van der Waals surface area (Å²) in [6.45, 7) is 0. The molecule has 11 rings (SSSR count). The van der Waals surface area contributed by atoms with Gasteiger partial charge in [0.25, 0.3) is 0 Å². The highest BCUT2D eigenvalue weighted by molar-refractivity contribution is 6.31. The second-order valence-electron chi connectivity index (χ2n) is 14.0. The van der Waals surface area contributed by atoms with Crippen molar-refractivity contribution in [3.63, 3.8) is 0 Å². The zero-order valence-electron chi connectivity index (χ0n) is 28.9. The minimum absolute atomic E-state index is 0.928. The lowest BCUT2D eigenvalue weighted by molar-refractivity contribution is 0.670. The minimum Gasteiger partial charge on any atom is -0.455 e. The van der Waals surface area contributed by atoms with Crippen LogP contribution < -0.4 is 0 Å². The van der Waals surface area contributed by atoms with Gasteiger partial charge >= 0.3 is 0 Å². The molecule has 0 radical (unpaired) electrons. The Morgan fingerprint density at radius 3 is 1.47 bits per heavy atom. The normalized spacial score (nSPS) is 11.8. The molecule has 1 heterocycles. The Kier molecular flexibility index (Phi) is 6.62. The second kappa shape index (κ2) is 11.8. The Balaban J connectivity index is 1.13. The number of hydrogen-bond acceptors (Lipinski definition) is 1. The first kappa shape index (κ1) is 29.7. The Labute approximate surface area is 307 Å². The molecule has 0 atom stereocenters. The van der Waals surface area contributed by atoms with Gasteiger partial charge in [0, 0.05) is 16.3 Å². The predicted octanol–water partition coefficient (Wildman–Crippen LogP) is 14.8. The Morgan fingerprint density at radius 2 is 0.811 bits per heavy atom. The van der Waals surface area contributed by atoms with Crippen LogP contribution in [-0.2, 0) is 0 Å². The van der Waals surface area contributed by atoms with E-state index >= 15 is 0 Å². The highest BCUT2D eigenvalue weighted by atomic mass is 16.3. The van der Waals surface area contributed by atoms with Crippen molar-refractivity contribution in [3.05, 3.63) is 194 Å². The first-order valence-corrected chi connectivity index (χ1v) is 18.3. The van der Waals surface area contributed by atoms with Gasteiger partial charge in [0.2, 0.25) is 0 Å². The molecule has 0 unspecified atom stereocenters. The maximum absolute atomic E-state index is 6.71. The van der Waals surface area contributed by atoms with Gasteiger partial charge in [-0.2, -0.15) is 0 Å². The number of fused-ring (bicyclic) bond motifs is 2. The lowest BCUT2D eigenvalue weighted by Crippen LogP contribution is -1.92. The quantitative estimate of drug-likeness (QED) is 0.131. The molecule has 0 aliphatic heterocycles. The third-order valence-electron chi connectivity index (χ3n) is 11.0.